The van der Waals surface area contributed by atoms with Gasteiger partial charge >= 0.3 is 106 Å². The van der Waals surface area contributed by atoms with Crippen LogP contribution in [0.5, 0.6) is 0 Å². The molecule has 92 valence electrons. The van der Waals surface area contributed by atoms with Gasteiger partial charge in [-0.3, -0.25) is 0 Å². The molecule has 0 radical (unpaired) electrons. The number of esters is 2. The molecule has 4 nitrogen and oxygen atoms in total. The van der Waals surface area contributed by atoms with E-state index < -0.39 is 11.9 Å². The summed E-state index contributed by atoms with van der Waals surface area (Å²) in [5.74, 6) is -0.781. The van der Waals surface area contributed by atoms with Gasteiger partial charge in [0, 0.05) is 0 Å². The summed E-state index contributed by atoms with van der Waals surface area (Å²) >= 11 is -0.362. The number of hydrogen-bond donors (Lipinski definition) is 0. The SMILES string of the molecule is COC(=O)C1=CC(=C(C)C)C=C(C(=O)OC)[Se]1. The molecule has 0 aliphatic carbocycles. The number of allylic oxidation sites excluding steroid dienone is 4. The minimum absolute atomic E-state index is 0.362. The molecule has 0 bridgehead atoms. The molecule has 0 aromatic rings. The Bertz CT molecular complexity index is 405. The molecule has 0 amide bonds. The standard InChI is InChI=1S/C12H14O4Se/c1-7(2)8-5-9(11(13)15-3)17-10(6-8)12(14)16-4/h5-6H,1-4H3. The van der Waals surface area contributed by atoms with E-state index in [2.05, 4.69) is 9.47 Å². The summed E-state index contributed by atoms with van der Waals surface area (Å²) in [7, 11) is 2.66. The van der Waals surface area contributed by atoms with Gasteiger partial charge < -0.3 is 0 Å². The van der Waals surface area contributed by atoms with E-state index in [1.165, 1.54) is 14.2 Å². The maximum absolute atomic E-state index is 11.5. The number of carbonyl (C=O) groups is 2. The van der Waals surface area contributed by atoms with E-state index in [-0.39, 0.29) is 15.0 Å². The average Bonchev–Trinajstić information content (AvgIpc) is 2.36. The van der Waals surface area contributed by atoms with Gasteiger partial charge in [-0.25, -0.2) is 0 Å². The second kappa shape index (κ2) is 5.84. The minimum atomic E-state index is -0.391. The zero-order valence-corrected chi connectivity index (χ0v) is 11.9. The maximum atomic E-state index is 11.5. The Morgan fingerprint density at radius 1 is 1.00 bits per heavy atom. The summed E-state index contributed by atoms with van der Waals surface area (Å²) in [6.07, 6.45) is 3.54. The third-order valence-corrected chi connectivity index (χ3v) is 4.26. The number of carbonyl (C=O) groups excluding carboxylic acids is 2. The van der Waals surface area contributed by atoms with Crippen LogP contribution in [0.1, 0.15) is 13.8 Å². The summed E-state index contributed by atoms with van der Waals surface area (Å²) in [6.45, 7) is 3.84. The van der Waals surface area contributed by atoms with E-state index in [9.17, 15) is 9.59 Å². The van der Waals surface area contributed by atoms with Crippen molar-refractivity contribution in [3.05, 3.63) is 32.2 Å². The van der Waals surface area contributed by atoms with Crippen LogP contribution < -0.4 is 0 Å². The molecule has 1 rings (SSSR count). The normalized spacial score (nSPS) is 14.7. The predicted octanol–water partition coefficient (Wildman–Crippen LogP) is 1.15. The fraction of sp³-hybridized carbons (Fsp3) is 0.333. The Labute approximate surface area is 107 Å². The van der Waals surface area contributed by atoms with Crippen LogP contribution in [0.3, 0.4) is 0 Å². The Kier molecular flexibility index (Phi) is 4.72. The van der Waals surface area contributed by atoms with Crippen LogP contribution in [-0.4, -0.2) is 41.1 Å². The molecule has 0 aromatic carbocycles. The van der Waals surface area contributed by atoms with E-state index in [0.717, 1.165) is 11.1 Å². The summed E-state index contributed by atoms with van der Waals surface area (Å²) < 4.78 is 10.4. The first-order chi connectivity index (χ1) is 7.99. The van der Waals surface area contributed by atoms with Crippen LogP contribution >= 0.6 is 0 Å². The number of rotatable bonds is 2. The van der Waals surface area contributed by atoms with Gasteiger partial charge in [-0.2, -0.15) is 0 Å². The Morgan fingerprint density at radius 2 is 1.41 bits per heavy atom. The molecule has 1 aliphatic rings. The number of ether oxygens (including phenoxy) is 2. The molecule has 0 saturated heterocycles. The molecule has 0 saturated carbocycles. The number of hydrogen-bond acceptors (Lipinski definition) is 4. The second-order valence-electron chi connectivity index (χ2n) is 3.56. The first kappa shape index (κ1) is 13.7. The topological polar surface area (TPSA) is 52.6 Å². The molecule has 0 unspecified atom stereocenters. The monoisotopic (exact) mass is 302 g/mol. The van der Waals surface area contributed by atoms with E-state index in [1.54, 1.807) is 12.2 Å². The van der Waals surface area contributed by atoms with Crippen LogP contribution in [0.2, 0.25) is 0 Å². The summed E-state index contributed by atoms with van der Waals surface area (Å²) in [5, 5.41) is 0. The molecule has 0 aromatic heterocycles. The van der Waals surface area contributed by atoms with E-state index in [1.807, 2.05) is 13.8 Å². The van der Waals surface area contributed by atoms with Gasteiger partial charge in [0.2, 0.25) is 0 Å². The zero-order chi connectivity index (χ0) is 13.0. The van der Waals surface area contributed by atoms with Crippen molar-refractivity contribution in [2.24, 2.45) is 0 Å². The van der Waals surface area contributed by atoms with Crippen molar-refractivity contribution >= 4 is 26.9 Å². The van der Waals surface area contributed by atoms with Crippen LogP contribution in [0, 0.1) is 0 Å². The molecule has 0 fully saturated rings. The third kappa shape index (κ3) is 3.32. The molecule has 0 N–H and O–H groups in total. The molecule has 1 heterocycles. The molecule has 0 spiro atoms. The second-order valence-corrected chi connectivity index (χ2v) is 5.83. The summed E-state index contributed by atoms with van der Waals surface area (Å²) in [6, 6.07) is 0. The number of methoxy groups -OCH3 is 2. The van der Waals surface area contributed by atoms with Crippen LogP contribution in [0.4, 0.5) is 0 Å². The van der Waals surface area contributed by atoms with Crippen LogP contribution in [0.25, 0.3) is 0 Å². The average molecular weight is 301 g/mol. The van der Waals surface area contributed by atoms with Gasteiger partial charge in [0.05, 0.1) is 0 Å². The van der Waals surface area contributed by atoms with Gasteiger partial charge in [0.1, 0.15) is 0 Å². The van der Waals surface area contributed by atoms with Crippen molar-refractivity contribution in [1.82, 2.24) is 0 Å². The Balaban J connectivity index is 3.13. The summed E-state index contributed by atoms with van der Waals surface area (Å²) in [4.78, 5) is 23.0. The molecular formula is C12H14O4Se. The third-order valence-electron chi connectivity index (χ3n) is 2.14. The van der Waals surface area contributed by atoms with Crippen LogP contribution in [-0.2, 0) is 19.1 Å². The van der Waals surface area contributed by atoms with Crippen molar-refractivity contribution in [2.45, 2.75) is 13.8 Å². The molecular weight excluding hydrogens is 287 g/mol. The van der Waals surface area contributed by atoms with Gasteiger partial charge in [-0.1, -0.05) is 0 Å². The van der Waals surface area contributed by atoms with Gasteiger partial charge in [0.15, 0.2) is 0 Å². The first-order valence-electron chi connectivity index (χ1n) is 4.95. The van der Waals surface area contributed by atoms with Crippen molar-refractivity contribution in [3.63, 3.8) is 0 Å². The fourth-order valence-electron chi connectivity index (χ4n) is 1.19. The van der Waals surface area contributed by atoms with Gasteiger partial charge in [-0.15, -0.1) is 0 Å². The molecule has 17 heavy (non-hydrogen) atoms. The van der Waals surface area contributed by atoms with Gasteiger partial charge in [0.25, 0.3) is 0 Å². The van der Waals surface area contributed by atoms with E-state index in [4.69, 9.17) is 0 Å². The Morgan fingerprint density at radius 3 is 1.71 bits per heavy atom. The zero-order valence-electron chi connectivity index (χ0n) is 10.2. The predicted molar refractivity (Wildman–Crippen MR) is 64.3 cm³/mol. The quantitative estimate of drug-likeness (QED) is 0.567. The van der Waals surface area contributed by atoms with Crippen molar-refractivity contribution in [3.8, 4) is 0 Å². The van der Waals surface area contributed by atoms with Gasteiger partial charge in [-0.05, 0) is 0 Å². The van der Waals surface area contributed by atoms with E-state index in [0.29, 0.717) is 8.94 Å². The molecule has 1 aliphatic heterocycles. The first-order valence-corrected chi connectivity index (χ1v) is 6.66. The van der Waals surface area contributed by atoms with Crippen molar-refractivity contribution in [1.29, 1.82) is 0 Å². The van der Waals surface area contributed by atoms with Crippen molar-refractivity contribution in [2.75, 3.05) is 14.2 Å². The molecule has 0 atom stereocenters. The summed E-state index contributed by atoms with van der Waals surface area (Å²) in [5.41, 5.74) is 1.89. The van der Waals surface area contributed by atoms with E-state index >= 15 is 0 Å². The van der Waals surface area contributed by atoms with Crippen molar-refractivity contribution < 1.29 is 19.1 Å². The Hall–Kier alpha value is -1.32. The molecule has 5 heteroatoms. The van der Waals surface area contributed by atoms with Crippen LogP contribution in [0.15, 0.2) is 32.2 Å². The fourth-order valence-corrected chi connectivity index (χ4v) is 3.17.